The van der Waals surface area contributed by atoms with Gasteiger partial charge in [-0.05, 0) is 19.5 Å². The molecule has 1 fully saturated rings. The summed E-state index contributed by atoms with van der Waals surface area (Å²) in [5.41, 5.74) is 2.24. The summed E-state index contributed by atoms with van der Waals surface area (Å²) in [6, 6.07) is 8.07. The fraction of sp³-hybridized carbons (Fsp3) is 0.529. The van der Waals surface area contributed by atoms with Crippen molar-refractivity contribution in [2.45, 2.75) is 19.8 Å². The summed E-state index contributed by atoms with van der Waals surface area (Å²) in [6.07, 6.45) is 0.960. The lowest BCUT2D eigenvalue weighted by atomic mass is 10.1. The van der Waals surface area contributed by atoms with Gasteiger partial charge in [0.1, 0.15) is 0 Å². The molecule has 1 heterocycles. The van der Waals surface area contributed by atoms with Gasteiger partial charge in [-0.15, -0.1) is 0 Å². The number of aryl methyl sites for hydroxylation is 1. The zero-order chi connectivity index (χ0) is 15.9. The quantitative estimate of drug-likeness (QED) is 0.876. The molecular formula is C17H25N3O2. The predicted molar refractivity (Wildman–Crippen MR) is 86.6 cm³/mol. The summed E-state index contributed by atoms with van der Waals surface area (Å²) in [7, 11) is 1.84. The molecule has 1 saturated heterocycles. The van der Waals surface area contributed by atoms with Gasteiger partial charge in [0, 0.05) is 39.1 Å². The summed E-state index contributed by atoms with van der Waals surface area (Å²) in [6.45, 7) is 5.29. The normalized spacial score (nSPS) is 15.0. The Morgan fingerprint density at radius 1 is 1.00 bits per heavy atom. The highest BCUT2D eigenvalue weighted by atomic mass is 16.2. The number of nitrogens with one attached hydrogen (secondary N) is 1. The Bertz CT molecular complexity index is 505. The second-order valence-corrected chi connectivity index (χ2v) is 5.78. The van der Waals surface area contributed by atoms with Crippen LogP contribution in [0.15, 0.2) is 24.3 Å². The van der Waals surface area contributed by atoms with E-state index in [1.54, 1.807) is 0 Å². The first kappa shape index (κ1) is 16.5. The Hall–Kier alpha value is -1.88. The number of carbonyl (C=O) groups is 2. The van der Waals surface area contributed by atoms with E-state index in [0.717, 1.165) is 5.56 Å². The predicted octanol–water partition coefficient (Wildman–Crippen LogP) is 0.818. The second-order valence-electron chi connectivity index (χ2n) is 5.78. The van der Waals surface area contributed by atoms with Crippen molar-refractivity contribution >= 4 is 11.8 Å². The molecule has 22 heavy (non-hydrogen) atoms. The maximum Gasteiger partial charge on any atom is 0.227 e. The first-order valence-corrected chi connectivity index (χ1v) is 7.86. The molecule has 2 rings (SSSR count). The molecule has 2 amide bonds. The summed E-state index contributed by atoms with van der Waals surface area (Å²) < 4.78 is 0. The SMILES string of the molecule is CNCCC(=O)N1CCN(C(=O)Cc2ccc(C)cc2)CC1. The summed E-state index contributed by atoms with van der Waals surface area (Å²) in [4.78, 5) is 28.0. The lowest BCUT2D eigenvalue weighted by Crippen LogP contribution is -2.51. The van der Waals surface area contributed by atoms with E-state index in [2.05, 4.69) is 5.32 Å². The Morgan fingerprint density at radius 3 is 2.09 bits per heavy atom. The van der Waals surface area contributed by atoms with Gasteiger partial charge in [0.15, 0.2) is 0 Å². The molecule has 0 spiro atoms. The van der Waals surface area contributed by atoms with Crippen LogP contribution in [0.5, 0.6) is 0 Å². The molecule has 0 bridgehead atoms. The van der Waals surface area contributed by atoms with Crippen molar-refractivity contribution in [2.24, 2.45) is 0 Å². The number of rotatable bonds is 5. The van der Waals surface area contributed by atoms with Crippen molar-refractivity contribution in [3.05, 3.63) is 35.4 Å². The zero-order valence-electron chi connectivity index (χ0n) is 13.5. The minimum atomic E-state index is 0.145. The van der Waals surface area contributed by atoms with E-state index in [0.29, 0.717) is 45.6 Å². The molecule has 1 aliphatic heterocycles. The van der Waals surface area contributed by atoms with Crippen molar-refractivity contribution in [1.29, 1.82) is 0 Å². The van der Waals surface area contributed by atoms with Crippen molar-refractivity contribution in [2.75, 3.05) is 39.8 Å². The van der Waals surface area contributed by atoms with Crippen molar-refractivity contribution in [3.8, 4) is 0 Å². The standard InChI is InChI=1S/C17H25N3O2/c1-14-3-5-15(6-4-14)13-17(22)20-11-9-19(10-12-20)16(21)7-8-18-2/h3-6,18H,7-13H2,1-2H3. The third-order valence-electron chi connectivity index (χ3n) is 4.05. The monoisotopic (exact) mass is 303 g/mol. The molecule has 0 aliphatic carbocycles. The van der Waals surface area contributed by atoms with Gasteiger partial charge in [0.05, 0.1) is 6.42 Å². The Labute approximate surface area is 132 Å². The van der Waals surface area contributed by atoms with Gasteiger partial charge in [-0.2, -0.15) is 0 Å². The summed E-state index contributed by atoms with van der Waals surface area (Å²) >= 11 is 0. The van der Waals surface area contributed by atoms with Gasteiger partial charge < -0.3 is 15.1 Å². The maximum atomic E-state index is 12.3. The van der Waals surface area contributed by atoms with Crippen LogP contribution in [0.2, 0.25) is 0 Å². The van der Waals surface area contributed by atoms with Crippen LogP contribution in [0, 0.1) is 6.92 Å². The highest BCUT2D eigenvalue weighted by Gasteiger charge is 2.23. The Kier molecular flexibility index (Phi) is 5.95. The fourth-order valence-electron chi connectivity index (χ4n) is 2.59. The van der Waals surface area contributed by atoms with E-state index < -0.39 is 0 Å². The van der Waals surface area contributed by atoms with Gasteiger partial charge >= 0.3 is 0 Å². The number of carbonyl (C=O) groups excluding carboxylic acids is 2. The van der Waals surface area contributed by atoms with Crippen LogP contribution in [0.4, 0.5) is 0 Å². The van der Waals surface area contributed by atoms with E-state index in [-0.39, 0.29) is 11.8 Å². The molecule has 1 aromatic carbocycles. The molecule has 1 aliphatic rings. The number of piperazine rings is 1. The number of hydrogen-bond acceptors (Lipinski definition) is 3. The van der Waals surface area contributed by atoms with E-state index in [9.17, 15) is 9.59 Å². The zero-order valence-corrected chi connectivity index (χ0v) is 13.5. The smallest absolute Gasteiger partial charge is 0.227 e. The van der Waals surface area contributed by atoms with Crippen molar-refractivity contribution in [1.82, 2.24) is 15.1 Å². The number of benzene rings is 1. The van der Waals surface area contributed by atoms with E-state index in [4.69, 9.17) is 0 Å². The van der Waals surface area contributed by atoms with Gasteiger partial charge in [-0.1, -0.05) is 29.8 Å². The molecule has 0 atom stereocenters. The minimum absolute atomic E-state index is 0.145. The summed E-state index contributed by atoms with van der Waals surface area (Å²) in [5.74, 6) is 0.311. The molecule has 120 valence electrons. The van der Waals surface area contributed by atoms with Crippen molar-refractivity contribution in [3.63, 3.8) is 0 Å². The van der Waals surface area contributed by atoms with Crippen LogP contribution in [0.1, 0.15) is 17.5 Å². The van der Waals surface area contributed by atoms with Crippen LogP contribution in [-0.4, -0.2) is 61.4 Å². The van der Waals surface area contributed by atoms with Crippen LogP contribution >= 0.6 is 0 Å². The van der Waals surface area contributed by atoms with Gasteiger partial charge in [-0.25, -0.2) is 0 Å². The Balaban J connectivity index is 1.79. The largest absolute Gasteiger partial charge is 0.339 e. The summed E-state index contributed by atoms with van der Waals surface area (Å²) in [5, 5.41) is 2.98. The van der Waals surface area contributed by atoms with Crippen LogP contribution in [-0.2, 0) is 16.0 Å². The highest BCUT2D eigenvalue weighted by Crippen LogP contribution is 2.09. The third-order valence-corrected chi connectivity index (χ3v) is 4.05. The van der Waals surface area contributed by atoms with Gasteiger partial charge in [0.2, 0.25) is 11.8 Å². The third kappa shape index (κ3) is 4.56. The topological polar surface area (TPSA) is 52.7 Å². The lowest BCUT2D eigenvalue weighted by molar-refractivity contribution is -0.139. The molecule has 5 heteroatoms. The molecule has 5 nitrogen and oxygen atoms in total. The van der Waals surface area contributed by atoms with Gasteiger partial charge in [0.25, 0.3) is 0 Å². The second kappa shape index (κ2) is 7.94. The molecule has 0 aromatic heterocycles. The van der Waals surface area contributed by atoms with E-state index in [1.165, 1.54) is 5.56 Å². The molecule has 1 aromatic rings. The fourth-order valence-corrected chi connectivity index (χ4v) is 2.59. The average molecular weight is 303 g/mol. The first-order chi connectivity index (χ1) is 10.6. The van der Waals surface area contributed by atoms with Crippen LogP contribution in [0.3, 0.4) is 0 Å². The van der Waals surface area contributed by atoms with Crippen LogP contribution in [0.25, 0.3) is 0 Å². The molecule has 1 N–H and O–H groups in total. The maximum absolute atomic E-state index is 12.3. The molecular weight excluding hydrogens is 278 g/mol. The molecule has 0 saturated carbocycles. The van der Waals surface area contributed by atoms with E-state index >= 15 is 0 Å². The van der Waals surface area contributed by atoms with Crippen molar-refractivity contribution < 1.29 is 9.59 Å². The van der Waals surface area contributed by atoms with Crippen LogP contribution < -0.4 is 5.32 Å². The Morgan fingerprint density at radius 2 is 1.55 bits per heavy atom. The highest BCUT2D eigenvalue weighted by molar-refractivity contribution is 5.80. The average Bonchev–Trinajstić information content (AvgIpc) is 2.55. The number of amides is 2. The number of hydrogen-bond donors (Lipinski definition) is 1. The molecule has 0 unspecified atom stereocenters. The van der Waals surface area contributed by atoms with E-state index in [1.807, 2.05) is 48.0 Å². The van der Waals surface area contributed by atoms with Gasteiger partial charge in [-0.3, -0.25) is 9.59 Å². The lowest BCUT2D eigenvalue weighted by Gasteiger charge is -2.35. The minimum Gasteiger partial charge on any atom is -0.339 e. The number of nitrogens with zero attached hydrogens (tertiary/aromatic N) is 2. The molecule has 0 radical (unpaired) electrons. The first-order valence-electron chi connectivity index (χ1n) is 7.86.